The average Bonchev–Trinajstić information content (AvgIpc) is 2.82. The van der Waals surface area contributed by atoms with Crippen LogP contribution in [0.4, 0.5) is 5.69 Å². The van der Waals surface area contributed by atoms with E-state index in [0.717, 1.165) is 40.1 Å². The highest BCUT2D eigenvalue weighted by atomic mass is 32.2. The third-order valence-corrected chi connectivity index (χ3v) is 7.31. The fourth-order valence-corrected chi connectivity index (χ4v) is 4.61. The molecule has 2 rings (SSSR count). The molecule has 0 radical (unpaired) electrons. The van der Waals surface area contributed by atoms with E-state index in [1.54, 1.807) is 12.1 Å². The van der Waals surface area contributed by atoms with Crippen LogP contribution in [0.15, 0.2) is 48.5 Å². The molecular formula is C27H39N3O4S. The number of carbonyl (C=O) groups excluding carboxylic acids is 2. The van der Waals surface area contributed by atoms with Crippen LogP contribution in [0.3, 0.4) is 0 Å². The van der Waals surface area contributed by atoms with E-state index in [9.17, 15) is 18.0 Å². The number of anilines is 1. The van der Waals surface area contributed by atoms with Gasteiger partial charge in [0.05, 0.1) is 11.9 Å². The van der Waals surface area contributed by atoms with Gasteiger partial charge < -0.3 is 10.2 Å². The average molecular weight is 502 g/mol. The van der Waals surface area contributed by atoms with Crippen molar-refractivity contribution in [2.24, 2.45) is 0 Å². The first kappa shape index (κ1) is 28.4. The summed E-state index contributed by atoms with van der Waals surface area (Å²) < 4.78 is 26.5. The Hall–Kier alpha value is -2.87. The molecule has 0 fully saturated rings. The van der Waals surface area contributed by atoms with Crippen molar-refractivity contribution in [3.63, 3.8) is 0 Å². The van der Waals surface area contributed by atoms with E-state index in [2.05, 4.69) is 5.32 Å². The van der Waals surface area contributed by atoms with Crippen molar-refractivity contribution >= 4 is 27.5 Å². The molecule has 2 aromatic rings. The summed E-state index contributed by atoms with van der Waals surface area (Å²) in [7, 11) is -3.73. The number of aryl methyl sites for hydroxylation is 2. The maximum atomic E-state index is 13.7. The quantitative estimate of drug-likeness (QED) is 0.475. The van der Waals surface area contributed by atoms with Crippen LogP contribution in [0, 0.1) is 6.92 Å². The summed E-state index contributed by atoms with van der Waals surface area (Å²) in [6.45, 7) is 9.58. The van der Waals surface area contributed by atoms with Gasteiger partial charge in [0.2, 0.25) is 21.8 Å². The number of benzene rings is 2. The Labute approximate surface area is 210 Å². The SMILES string of the molecule is CCc1ccc(N(CC(=O)N(Cc2ccc(C)cc2)[C@H](CC)C(=O)N[C@H](C)CC)S(C)(=O)=O)cc1. The molecule has 2 atom stereocenters. The van der Waals surface area contributed by atoms with Crippen LogP contribution in [0.2, 0.25) is 0 Å². The molecule has 0 saturated heterocycles. The fourth-order valence-electron chi connectivity index (χ4n) is 3.76. The summed E-state index contributed by atoms with van der Waals surface area (Å²) >= 11 is 0. The Bertz CT molecular complexity index is 1080. The van der Waals surface area contributed by atoms with Crippen molar-refractivity contribution in [1.29, 1.82) is 0 Å². The van der Waals surface area contributed by atoms with Crippen molar-refractivity contribution in [3.05, 3.63) is 65.2 Å². The van der Waals surface area contributed by atoms with E-state index >= 15 is 0 Å². The number of nitrogens with zero attached hydrogens (tertiary/aromatic N) is 2. The van der Waals surface area contributed by atoms with Crippen LogP contribution in [-0.2, 0) is 32.6 Å². The summed E-state index contributed by atoms with van der Waals surface area (Å²) in [6, 6.07) is 14.1. The number of rotatable bonds is 12. The molecule has 0 aliphatic heterocycles. The molecule has 0 unspecified atom stereocenters. The largest absolute Gasteiger partial charge is 0.352 e. The fraction of sp³-hybridized carbons (Fsp3) is 0.481. The van der Waals surface area contributed by atoms with Crippen LogP contribution in [0.25, 0.3) is 0 Å². The second-order valence-corrected chi connectivity index (χ2v) is 10.9. The molecule has 0 heterocycles. The van der Waals surface area contributed by atoms with Crippen molar-refractivity contribution in [1.82, 2.24) is 10.2 Å². The zero-order valence-electron chi connectivity index (χ0n) is 21.7. The van der Waals surface area contributed by atoms with Gasteiger partial charge in [-0.15, -0.1) is 0 Å². The maximum Gasteiger partial charge on any atom is 0.244 e. The van der Waals surface area contributed by atoms with Crippen LogP contribution >= 0.6 is 0 Å². The minimum absolute atomic E-state index is 0.0301. The molecule has 0 spiro atoms. The maximum absolute atomic E-state index is 13.7. The van der Waals surface area contributed by atoms with Crippen molar-refractivity contribution < 1.29 is 18.0 Å². The minimum Gasteiger partial charge on any atom is -0.352 e. The molecule has 192 valence electrons. The molecule has 2 amide bonds. The molecule has 8 heteroatoms. The third kappa shape index (κ3) is 8.09. The van der Waals surface area contributed by atoms with Crippen molar-refractivity contribution in [3.8, 4) is 0 Å². The van der Waals surface area contributed by atoms with E-state index in [-0.39, 0.29) is 25.0 Å². The number of sulfonamides is 1. The van der Waals surface area contributed by atoms with Gasteiger partial charge in [0.15, 0.2) is 0 Å². The highest BCUT2D eigenvalue weighted by molar-refractivity contribution is 7.92. The number of amides is 2. The predicted octanol–water partition coefficient (Wildman–Crippen LogP) is 4.05. The highest BCUT2D eigenvalue weighted by Gasteiger charge is 2.32. The summed E-state index contributed by atoms with van der Waals surface area (Å²) in [5.41, 5.74) is 3.46. The lowest BCUT2D eigenvalue weighted by molar-refractivity contribution is -0.140. The van der Waals surface area contributed by atoms with Crippen LogP contribution in [0.5, 0.6) is 0 Å². The second-order valence-electron chi connectivity index (χ2n) is 9.04. The number of hydrogen-bond donors (Lipinski definition) is 1. The Morgan fingerprint density at radius 3 is 1.97 bits per heavy atom. The third-order valence-electron chi connectivity index (χ3n) is 6.17. The summed E-state index contributed by atoms with van der Waals surface area (Å²) in [6.07, 6.45) is 3.09. The van der Waals surface area contributed by atoms with Gasteiger partial charge in [0.25, 0.3) is 0 Å². The lowest BCUT2D eigenvalue weighted by atomic mass is 10.1. The molecule has 1 N–H and O–H groups in total. The molecule has 0 aliphatic rings. The monoisotopic (exact) mass is 501 g/mol. The first-order valence-corrected chi connectivity index (χ1v) is 14.1. The summed E-state index contributed by atoms with van der Waals surface area (Å²) in [5, 5.41) is 2.97. The smallest absolute Gasteiger partial charge is 0.244 e. The molecule has 2 aromatic carbocycles. The summed E-state index contributed by atoms with van der Waals surface area (Å²) in [4.78, 5) is 28.3. The van der Waals surface area contributed by atoms with Gasteiger partial charge in [-0.3, -0.25) is 13.9 Å². The van der Waals surface area contributed by atoms with Crippen LogP contribution in [0.1, 0.15) is 57.2 Å². The Balaban J connectivity index is 2.42. The normalized spacial score (nSPS) is 13.1. The lowest BCUT2D eigenvalue weighted by Crippen LogP contribution is -2.53. The van der Waals surface area contributed by atoms with Gasteiger partial charge in [-0.2, -0.15) is 0 Å². The van der Waals surface area contributed by atoms with Crippen molar-refractivity contribution in [2.45, 2.75) is 72.5 Å². The molecule has 35 heavy (non-hydrogen) atoms. The van der Waals surface area contributed by atoms with Gasteiger partial charge in [0.1, 0.15) is 12.6 Å². The minimum atomic E-state index is -3.73. The van der Waals surface area contributed by atoms with E-state index in [0.29, 0.717) is 12.1 Å². The van der Waals surface area contributed by atoms with E-state index in [1.807, 2.05) is 71.0 Å². The molecule has 0 bridgehead atoms. The first-order chi connectivity index (χ1) is 16.5. The van der Waals surface area contributed by atoms with E-state index in [4.69, 9.17) is 0 Å². The standard InChI is InChI=1S/C27H39N3O4S/c1-7-21(5)28-27(32)25(9-3)29(18-23-12-10-20(4)11-13-23)26(31)19-30(35(6,33)34)24-16-14-22(8-2)15-17-24/h10-17,21,25H,7-9,18-19H2,1-6H3,(H,28,32)/t21-,25-/m1/s1. The number of hydrogen-bond acceptors (Lipinski definition) is 4. The van der Waals surface area contributed by atoms with Gasteiger partial charge in [-0.25, -0.2) is 8.42 Å². The zero-order chi connectivity index (χ0) is 26.2. The van der Waals surface area contributed by atoms with Gasteiger partial charge in [0, 0.05) is 12.6 Å². The molecular weight excluding hydrogens is 462 g/mol. The van der Waals surface area contributed by atoms with E-state index in [1.165, 1.54) is 4.90 Å². The van der Waals surface area contributed by atoms with Gasteiger partial charge in [-0.1, -0.05) is 62.7 Å². The predicted molar refractivity (Wildman–Crippen MR) is 142 cm³/mol. The molecule has 0 saturated carbocycles. The Morgan fingerprint density at radius 1 is 0.914 bits per heavy atom. The lowest BCUT2D eigenvalue weighted by Gasteiger charge is -2.33. The summed E-state index contributed by atoms with van der Waals surface area (Å²) in [5.74, 6) is -0.665. The molecule has 0 aliphatic carbocycles. The Morgan fingerprint density at radius 2 is 1.49 bits per heavy atom. The molecule has 0 aromatic heterocycles. The number of carbonyl (C=O) groups is 2. The second kappa shape index (κ2) is 12.7. The van der Waals surface area contributed by atoms with Gasteiger partial charge >= 0.3 is 0 Å². The number of nitrogens with one attached hydrogen (secondary N) is 1. The van der Waals surface area contributed by atoms with E-state index < -0.39 is 22.0 Å². The zero-order valence-corrected chi connectivity index (χ0v) is 22.6. The van der Waals surface area contributed by atoms with Crippen molar-refractivity contribution in [2.75, 3.05) is 17.1 Å². The first-order valence-electron chi connectivity index (χ1n) is 12.2. The highest BCUT2D eigenvalue weighted by Crippen LogP contribution is 2.21. The Kier molecular flexibility index (Phi) is 10.3. The van der Waals surface area contributed by atoms with Crippen LogP contribution < -0.4 is 9.62 Å². The molecule has 7 nitrogen and oxygen atoms in total. The van der Waals surface area contributed by atoms with Crippen LogP contribution in [-0.4, -0.2) is 50.0 Å². The van der Waals surface area contributed by atoms with Gasteiger partial charge in [-0.05, 0) is 56.4 Å². The topological polar surface area (TPSA) is 86.8 Å².